The van der Waals surface area contributed by atoms with Crippen LogP contribution in [-0.4, -0.2) is 81.3 Å². The zero-order valence-corrected chi connectivity index (χ0v) is 22.9. The van der Waals surface area contributed by atoms with Crippen LogP contribution in [0.5, 0.6) is 11.5 Å². The molecule has 0 spiro atoms. The number of aromatic nitrogens is 4. The van der Waals surface area contributed by atoms with Crippen LogP contribution in [0.15, 0.2) is 60.9 Å². The number of carbonyl (C=O) groups is 1. The second kappa shape index (κ2) is 11.6. The molecule has 2 aromatic carbocycles. The third-order valence-electron chi connectivity index (χ3n) is 8.00. The number of hydrogen-bond donors (Lipinski definition) is 2. The van der Waals surface area contributed by atoms with E-state index in [1.165, 1.54) is 6.33 Å². The quantitative estimate of drug-likeness (QED) is 0.365. The summed E-state index contributed by atoms with van der Waals surface area (Å²) >= 11 is 0. The number of rotatable bonds is 7. The lowest BCUT2D eigenvalue weighted by atomic mass is 9.91. The predicted octanol–water partition coefficient (Wildman–Crippen LogP) is 3.72. The van der Waals surface area contributed by atoms with Gasteiger partial charge in [0.2, 0.25) is 5.91 Å². The van der Waals surface area contributed by atoms with Gasteiger partial charge in [-0.2, -0.15) is 5.10 Å². The lowest BCUT2D eigenvalue weighted by Gasteiger charge is -2.33. The number of nitrogens with two attached hydrogens (primary N) is 1. The maximum absolute atomic E-state index is 12.7. The van der Waals surface area contributed by atoms with E-state index in [-0.39, 0.29) is 18.0 Å². The Kier molecular flexibility index (Phi) is 7.61. The van der Waals surface area contributed by atoms with E-state index >= 15 is 0 Å². The summed E-state index contributed by atoms with van der Waals surface area (Å²) in [4.78, 5) is 26.1. The van der Waals surface area contributed by atoms with E-state index in [0.717, 1.165) is 85.7 Å². The number of nitrogens with zero attached hydrogens (tertiary/aromatic N) is 6. The smallest absolute Gasteiger partial charge is 0.234 e. The minimum Gasteiger partial charge on any atom is -0.457 e. The molecule has 208 valence electrons. The van der Waals surface area contributed by atoms with Crippen molar-refractivity contribution in [2.45, 2.75) is 37.8 Å². The Morgan fingerprint density at radius 2 is 1.65 bits per heavy atom. The zero-order chi connectivity index (χ0) is 27.5. The standard InChI is InChI=1S/C30H36N8O2/c1-36-15-17-37(18-16-36)19-26(39)34-22-9-11-23(12-10-22)38-30-27(29(31)32-20-33-30)28(35-38)21-7-13-25(14-8-21)40-24-5-3-2-4-6-24/h2-8,13-14,20,22-23H,9-12,15-19H2,1H3,(H,34,39)(H2,31,32,33). The second-order valence-electron chi connectivity index (χ2n) is 10.8. The highest BCUT2D eigenvalue weighted by Crippen LogP contribution is 2.36. The molecule has 6 rings (SSSR count). The van der Waals surface area contributed by atoms with E-state index in [2.05, 4.69) is 32.1 Å². The van der Waals surface area contributed by atoms with Gasteiger partial charge < -0.3 is 20.7 Å². The van der Waals surface area contributed by atoms with E-state index in [0.29, 0.717) is 12.4 Å². The first kappa shape index (κ1) is 26.2. The van der Waals surface area contributed by atoms with Crippen molar-refractivity contribution >= 4 is 22.8 Å². The van der Waals surface area contributed by atoms with Gasteiger partial charge in [-0.1, -0.05) is 18.2 Å². The number of nitrogen functional groups attached to an aromatic ring is 1. The molecule has 3 N–H and O–H groups in total. The van der Waals surface area contributed by atoms with Crippen molar-refractivity contribution in [1.29, 1.82) is 0 Å². The third-order valence-corrected chi connectivity index (χ3v) is 8.00. The first-order valence-electron chi connectivity index (χ1n) is 14.1. The summed E-state index contributed by atoms with van der Waals surface area (Å²) in [7, 11) is 2.12. The summed E-state index contributed by atoms with van der Waals surface area (Å²) in [5.74, 6) is 2.07. The SMILES string of the molecule is CN1CCN(CC(=O)NC2CCC(n3nc(-c4ccc(Oc5ccccc5)cc4)c4c(N)ncnc43)CC2)CC1. The van der Waals surface area contributed by atoms with Crippen LogP contribution in [-0.2, 0) is 4.79 Å². The molecule has 10 heteroatoms. The number of amides is 1. The molecule has 1 aliphatic carbocycles. The Morgan fingerprint density at radius 3 is 2.38 bits per heavy atom. The van der Waals surface area contributed by atoms with E-state index in [4.69, 9.17) is 15.6 Å². The molecular weight excluding hydrogens is 504 g/mol. The van der Waals surface area contributed by atoms with Gasteiger partial charge in [-0.25, -0.2) is 14.6 Å². The molecule has 10 nitrogen and oxygen atoms in total. The number of para-hydroxylation sites is 1. The summed E-state index contributed by atoms with van der Waals surface area (Å²) in [6.45, 7) is 4.39. The van der Waals surface area contributed by atoms with E-state index in [1.807, 2.05) is 59.3 Å². The van der Waals surface area contributed by atoms with Crippen LogP contribution >= 0.6 is 0 Å². The Balaban J connectivity index is 1.14. The average molecular weight is 541 g/mol. The molecule has 1 saturated carbocycles. The van der Waals surface area contributed by atoms with Crippen molar-refractivity contribution in [2.75, 3.05) is 45.5 Å². The van der Waals surface area contributed by atoms with Crippen molar-refractivity contribution in [3.8, 4) is 22.8 Å². The van der Waals surface area contributed by atoms with Crippen LogP contribution in [0.3, 0.4) is 0 Å². The first-order valence-corrected chi connectivity index (χ1v) is 14.1. The van der Waals surface area contributed by atoms with Gasteiger partial charge in [-0.15, -0.1) is 0 Å². The third kappa shape index (κ3) is 5.78. The second-order valence-corrected chi connectivity index (χ2v) is 10.8. The largest absolute Gasteiger partial charge is 0.457 e. The topological polar surface area (TPSA) is 114 Å². The molecule has 0 atom stereocenters. The fourth-order valence-corrected chi connectivity index (χ4v) is 5.70. The highest BCUT2D eigenvalue weighted by molar-refractivity contribution is 5.98. The number of ether oxygens (including phenoxy) is 1. The summed E-state index contributed by atoms with van der Waals surface area (Å²) in [6, 6.07) is 17.9. The van der Waals surface area contributed by atoms with E-state index in [1.54, 1.807) is 0 Å². The molecule has 1 aliphatic heterocycles. The van der Waals surface area contributed by atoms with Crippen LogP contribution in [0.25, 0.3) is 22.3 Å². The number of benzene rings is 2. The molecule has 2 aromatic heterocycles. The zero-order valence-electron chi connectivity index (χ0n) is 22.9. The van der Waals surface area contributed by atoms with Crippen LogP contribution in [0.1, 0.15) is 31.7 Å². The minimum atomic E-state index is 0.125. The van der Waals surface area contributed by atoms with Crippen molar-refractivity contribution < 1.29 is 9.53 Å². The van der Waals surface area contributed by atoms with Gasteiger partial charge in [0.1, 0.15) is 29.3 Å². The van der Waals surface area contributed by atoms with Crippen molar-refractivity contribution in [3.63, 3.8) is 0 Å². The van der Waals surface area contributed by atoms with Gasteiger partial charge in [-0.3, -0.25) is 9.69 Å². The highest BCUT2D eigenvalue weighted by Gasteiger charge is 2.28. The number of likely N-dealkylation sites (N-methyl/N-ethyl adjacent to an activating group) is 1. The Labute approximate surface area is 234 Å². The van der Waals surface area contributed by atoms with Gasteiger partial charge >= 0.3 is 0 Å². The summed E-state index contributed by atoms with van der Waals surface area (Å²) in [5, 5.41) is 9.06. The number of fused-ring (bicyclic) bond motifs is 1. The first-order chi connectivity index (χ1) is 19.5. The molecule has 2 fully saturated rings. The number of hydrogen-bond acceptors (Lipinski definition) is 8. The van der Waals surface area contributed by atoms with Crippen molar-refractivity contribution in [2.24, 2.45) is 0 Å². The molecule has 4 aromatic rings. The molecule has 0 bridgehead atoms. The van der Waals surface area contributed by atoms with Gasteiger partial charge in [-0.05, 0) is 69.1 Å². The van der Waals surface area contributed by atoms with E-state index < -0.39 is 0 Å². The maximum atomic E-state index is 12.7. The minimum absolute atomic E-state index is 0.125. The molecule has 1 amide bonds. The fourth-order valence-electron chi connectivity index (χ4n) is 5.70. The monoisotopic (exact) mass is 540 g/mol. The van der Waals surface area contributed by atoms with Crippen LogP contribution in [0.2, 0.25) is 0 Å². The molecule has 40 heavy (non-hydrogen) atoms. The number of nitrogens with one attached hydrogen (secondary N) is 1. The lowest BCUT2D eigenvalue weighted by Crippen LogP contribution is -2.49. The van der Waals surface area contributed by atoms with E-state index in [9.17, 15) is 4.79 Å². The molecular formula is C30H36N8O2. The Bertz CT molecular complexity index is 1440. The molecule has 3 heterocycles. The molecule has 0 radical (unpaired) electrons. The summed E-state index contributed by atoms with van der Waals surface area (Å²) < 4.78 is 7.97. The highest BCUT2D eigenvalue weighted by atomic mass is 16.5. The maximum Gasteiger partial charge on any atom is 0.234 e. The summed E-state index contributed by atoms with van der Waals surface area (Å²) in [5.41, 5.74) is 8.78. The number of carbonyl (C=O) groups excluding carboxylic acids is 1. The summed E-state index contributed by atoms with van der Waals surface area (Å²) in [6.07, 6.45) is 5.12. The van der Waals surface area contributed by atoms with Gasteiger partial charge in [0.15, 0.2) is 5.65 Å². The molecule has 0 unspecified atom stereocenters. The van der Waals surface area contributed by atoms with Crippen molar-refractivity contribution in [3.05, 3.63) is 60.9 Å². The van der Waals surface area contributed by atoms with Crippen LogP contribution < -0.4 is 15.8 Å². The predicted molar refractivity (Wildman–Crippen MR) is 155 cm³/mol. The van der Waals surface area contributed by atoms with Gasteiger partial charge in [0.05, 0.1) is 18.0 Å². The Morgan fingerprint density at radius 1 is 0.950 bits per heavy atom. The molecule has 2 aliphatic rings. The normalized spacial score (nSPS) is 20.4. The lowest BCUT2D eigenvalue weighted by molar-refractivity contribution is -0.123. The Hall–Kier alpha value is -4.02. The molecule has 1 saturated heterocycles. The van der Waals surface area contributed by atoms with Crippen LogP contribution in [0.4, 0.5) is 5.82 Å². The number of piperazine rings is 1. The van der Waals surface area contributed by atoms with Gasteiger partial charge in [0.25, 0.3) is 0 Å². The average Bonchev–Trinajstić information content (AvgIpc) is 3.37. The van der Waals surface area contributed by atoms with Crippen LogP contribution in [0, 0.1) is 0 Å². The fraction of sp³-hybridized carbons (Fsp3) is 0.400. The number of anilines is 1. The van der Waals surface area contributed by atoms with Crippen molar-refractivity contribution in [1.82, 2.24) is 34.9 Å². The van der Waals surface area contributed by atoms with Gasteiger partial charge in [0, 0.05) is 37.8 Å².